The maximum Gasteiger partial charge on any atom is 0.104 e. The third-order valence-electron chi connectivity index (χ3n) is 4.32. The lowest BCUT2D eigenvalue weighted by Crippen LogP contribution is -2.49. The molecule has 0 aliphatic heterocycles. The highest BCUT2D eigenvalue weighted by Crippen LogP contribution is 2.19. The zero-order valence-electron chi connectivity index (χ0n) is 14.6. The van der Waals surface area contributed by atoms with Crippen molar-refractivity contribution in [3.05, 3.63) is 35.9 Å². The summed E-state index contributed by atoms with van der Waals surface area (Å²) < 4.78 is 1.31. The normalized spacial score (nSPS) is 11.2. The van der Waals surface area contributed by atoms with E-state index in [1.165, 1.54) is 74.8 Å². The van der Waals surface area contributed by atoms with E-state index < -0.39 is 0 Å². The van der Waals surface area contributed by atoms with Gasteiger partial charge in [0.2, 0.25) is 0 Å². The van der Waals surface area contributed by atoms with Crippen molar-refractivity contribution in [1.29, 1.82) is 0 Å². The lowest BCUT2D eigenvalue weighted by molar-refractivity contribution is -0.941. The number of quaternary nitrogens is 1. The van der Waals surface area contributed by atoms with Gasteiger partial charge in [0.05, 0.1) is 19.6 Å². The maximum absolute atomic E-state index is 2.32. The van der Waals surface area contributed by atoms with Crippen molar-refractivity contribution in [3.8, 4) is 0 Å². The molecule has 0 unspecified atom stereocenters. The number of unbranched alkanes of at least 4 members (excludes halogenated alkanes) is 3. The summed E-state index contributed by atoms with van der Waals surface area (Å²) in [5, 5.41) is 0. The monoisotopic (exact) mass is 293 g/mol. The van der Waals surface area contributed by atoms with E-state index in [0.29, 0.717) is 0 Å². The minimum atomic E-state index is 0. The van der Waals surface area contributed by atoms with Crippen LogP contribution in [0.15, 0.2) is 30.3 Å². The van der Waals surface area contributed by atoms with Crippen molar-refractivity contribution in [2.45, 2.75) is 65.8 Å². The standard InChI is InChI=1S/C19H34N.H3N/c1-4-7-15-20(16-8-5-2,17-9-6-3)18-19-13-11-10-12-14-19;/h10-14H,4-9,15-18H2,1-3H3;1H3/q+1;. The molecule has 0 aliphatic carbocycles. The molecule has 21 heavy (non-hydrogen) atoms. The molecule has 0 amide bonds. The first kappa shape index (κ1) is 20.1. The number of benzene rings is 1. The summed E-state index contributed by atoms with van der Waals surface area (Å²) in [4.78, 5) is 0. The molecule has 0 atom stereocenters. The van der Waals surface area contributed by atoms with E-state index in [1.54, 1.807) is 0 Å². The van der Waals surface area contributed by atoms with Gasteiger partial charge < -0.3 is 10.6 Å². The smallest absolute Gasteiger partial charge is 0.104 e. The first-order valence-electron chi connectivity index (χ1n) is 8.65. The van der Waals surface area contributed by atoms with Crippen molar-refractivity contribution in [2.75, 3.05) is 19.6 Å². The van der Waals surface area contributed by atoms with Crippen LogP contribution in [0, 0.1) is 0 Å². The molecule has 0 fully saturated rings. The Balaban J connectivity index is 0.00000400. The molecule has 0 radical (unpaired) electrons. The third kappa shape index (κ3) is 7.63. The number of rotatable bonds is 11. The van der Waals surface area contributed by atoms with Gasteiger partial charge in [-0.1, -0.05) is 70.4 Å². The summed E-state index contributed by atoms with van der Waals surface area (Å²) in [5.41, 5.74) is 1.51. The third-order valence-corrected chi connectivity index (χ3v) is 4.32. The summed E-state index contributed by atoms with van der Waals surface area (Å²) in [6, 6.07) is 11.1. The molecular formula is C19H37N2+. The lowest BCUT2D eigenvalue weighted by Gasteiger charge is -2.39. The minimum absolute atomic E-state index is 0. The Morgan fingerprint density at radius 3 is 1.52 bits per heavy atom. The van der Waals surface area contributed by atoms with Crippen molar-refractivity contribution >= 4 is 0 Å². The van der Waals surface area contributed by atoms with E-state index in [4.69, 9.17) is 0 Å². The molecule has 3 N–H and O–H groups in total. The molecule has 2 heteroatoms. The summed E-state index contributed by atoms with van der Waals surface area (Å²) in [7, 11) is 0. The van der Waals surface area contributed by atoms with Gasteiger partial charge in [0, 0.05) is 5.56 Å². The molecule has 1 aromatic rings. The van der Waals surface area contributed by atoms with Crippen LogP contribution in [0.25, 0.3) is 0 Å². The topological polar surface area (TPSA) is 35.0 Å². The van der Waals surface area contributed by atoms with Crippen molar-refractivity contribution in [1.82, 2.24) is 6.15 Å². The van der Waals surface area contributed by atoms with E-state index >= 15 is 0 Å². The second-order valence-corrected chi connectivity index (χ2v) is 6.22. The van der Waals surface area contributed by atoms with Gasteiger partial charge in [-0.3, -0.25) is 0 Å². The zero-order valence-corrected chi connectivity index (χ0v) is 14.6. The Kier molecular flexibility index (Phi) is 11.3. The van der Waals surface area contributed by atoms with Gasteiger partial charge in [-0.15, -0.1) is 0 Å². The van der Waals surface area contributed by atoms with E-state index in [0.717, 1.165) is 0 Å². The fourth-order valence-electron chi connectivity index (χ4n) is 3.02. The highest BCUT2D eigenvalue weighted by Gasteiger charge is 2.25. The van der Waals surface area contributed by atoms with Gasteiger partial charge in [0.15, 0.2) is 0 Å². The molecule has 0 aliphatic rings. The summed E-state index contributed by atoms with van der Waals surface area (Å²) in [6.07, 6.45) is 8.02. The second kappa shape index (κ2) is 11.8. The van der Waals surface area contributed by atoms with Crippen LogP contribution < -0.4 is 6.15 Å². The van der Waals surface area contributed by atoms with Crippen LogP contribution in [-0.4, -0.2) is 24.1 Å². The SMILES string of the molecule is CCCC[N+](CCCC)(CCCC)Cc1ccccc1.N. The average Bonchev–Trinajstić information content (AvgIpc) is 2.49. The average molecular weight is 294 g/mol. The summed E-state index contributed by atoms with van der Waals surface area (Å²) in [6.45, 7) is 12.2. The number of hydrogen-bond donors (Lipinski definition) is 1. The van der Waals surface area contributed by atoms with Crippen molar-refractivity contribution in [2.24, 2.45) is 0 Å². The molecule has 0 saturated carbocycles. The van der Waals surface area contributed by atoms with Gasteiger partial charge in [-0.2, -0.15) is 0 Å². The van der Waals surface area contributed by atoms with Crippen molar-refractivity contribution < 1.29 is 4.48 Å². The molecule has 0 bridgehead atoms. The van der Waals surface area contributed by atoms with Crippen molar-refractivity contribution in [3.63, 3.8) is 0 Å². The van der Waals surface area contributed by atoms with Crippen LogP contribution in [0.3, 0.4) is 0 Å². The number of nitrogens with zero attached hydrogens (tertiary/aromatic N) is 1. The molecule has 0 aromatic heterocycles. The van der Waals surface area contributed by atoms with E-state index in [9.17, 15) is 0 Å². The molecule has 1 aromatic carbocycles. The van der Waals surface area contributed by atoms with Gasteiger partial charge in [-0.25, -0.2) is 0 Å². The van der Waals surface area contributed by atoms with Crippen LogP contribution in [0.1, 0.15) is 64.9 Å². The fraction of sp³-hybridized carbons (Fsp3) is 0.684. The van der Waals surface area contributed by atoms with Crippen LogP contribution in [0.2, 0.25) is 0 Å². The van der Waals surface area contributed by atoms with E-state index in [-0.39, 0.29) is 6.15 Å². The molecule has 122 valence electrons. The summed E-state index contributed by atoms with van der Waals surface area (Å²) >= 11 is 0. The highest BCUT2D eigenvalue weighted by atomic mass is 15.3. The lowest BCUT2D eigenvalue weighted by atomic mass is 10.1. The van der Waals surface area contributed by atoms with Gasteiger partial charge in [-0.05, 0) is 19.3 Å². The fourth-order valence-corrected chi connectivity index (χ4v) is 3.02. The van der Waals surface area contributed by atoms with Gasteiger partial charge >= 0.3 is 0 Å². The van der Waals surface area contributed by atoms with Gasteiger partial charge in [0.25, 0.3) is 0 Å². The number of hydrogen-bond acceptors (Lipinski definition) is 1. The molecule has 0 heterocycles. The maximum atomic E-state index is 2.32. The Labute approximate surface area is 132 Å². The Hall–Kier alpha value is -0.860. The van der Waals surface area contributed by atoms with E-state index in [1.807, 2.05) is 0 Å². The van der Waals surface area contributed by atoms with Crippen LogP contribution in [-0.2, 0) is 6.54 Å². The first-order valence-corrected chi connectivity index (χ1v) is 8.65. The minimum Gasteiger partial charge on any atom is -0.344 e. The van der Waals surface area contributed by atoms with E-state index in [2.05, 4.69) is 51.1 Å². The Morgan fingerprint density at radius 1 is 0.714 bits per heavy atom. The van der Waals surface area contributed by atoms with Crippen LogP contribution in [0.4, 0.5) is 0 Å². The predicted octanol–water partition coefficient (Wildman–Crippen LogP) is 5.57. The van der Waals surface area contributed by atoms with Crippen LogP contribution >= 0.6 is 0 Å². The Bertz CT molecular complexity index is 313. The Morgan fingerprint density at radius 2 is 1.14 bits per heavy atom. The molecule has 2 nitrogen and oxygen atoms in total. The van der Waals surface area contributed by atoms with Crippen LogP contribution in [0.5, 0.6) is 0 Å². The largest absolute Gasteiger partial charge is 0.344 e. The summed E-state index contributed by atoms with van der Waals surface area (Å²) in [5.74, 6) is 0. The highest BCUT2D eigenvalue weighted by molar-refractivity contribution is 5.13. The quantitative estimate of drug-likeness (QED) is 0.532. The van der Waals surface area contributed by atoms with Gasteiger partial charge in [0.1, 0.15) is 6.54 Å². The zero-order chi connectivity index (χ0) is 14.7. The molecular weight excluding hydrogens is 256 g/mol. The molecule has 0 spiro atoms. The predicted molar refractivity (Wildman–Crippen MR) is 94.8 cm³/mol. The second-order valence-electron chi connectivity index (χ2n) is 6.22. The molecule has 0 saturated heterocycles. The molecule has 1 rings (SSSR count). The first-order chi connectivity index (χ1) is 9.76.